The van der Waals surface area contributed by atoms with Gasteiger partial charge in [-0.3, -0.25) is 4.79 Å². The number of ketones is 1. The lowest BCUT2D eigenvalue weighted by Gasteiger charge is -2.62. The molecule has 3 saturated carbocycles. The molecule has 0 saturated heterocycles. The standard InChI is InChI=1S/C28H46O7/c1-14(2)15(3)9-23(33)27(6,34)22-7-8-28(35)17-11-18(29)16-10-19(30)20(31)12-25(16,4)24(17)21(32)13-26(22,28)5/h11,14-16,19-24,30-35H,7-10,12-13H2,1-6H3/t15-,16+,19-,20+,21-,22+,23-,24-,25+,26-,27-,28-/m1/s1. The summed E-state index contributed by atoms with van der Waals surface area (Å²) in [7, 11) is 0. The van der Waals surface area contributed by atoms with Crippen molar-refractivity contribution >= 4 is 5.78 Å². The molecule has 12 atom stereocenters. The molecule has 0 heterocycles. The quantitative estimate of drug-likeness (QED) is 0.343. The summed E-state index contributed by atoms with van der Waals surface area (Å²) in [6, 6.07) is 0. The van der Waals surface area contributed by atoms with E-state index in [1.165, 1.54) is 6.08 Å². The van der Waals surface area contributed by atoms with Crippen molar-refractivity contribution in [2.75, 3.05) is 0 Å². The van der Waals surface area contributed by atoms with E-state index in [9.17, 15) is 35.4 Å². The minimum absolute atomic E-state index is 0.136. The largest absolute Gasteiger partial charge is 0.392 e. The average molecular weight is 495 g/mol. The van der Waals surface area contributed by atoms with E-state index >= 15 is 0 Å². The van der Waals surface area contributed by atoms with E-state index in [-0.39, 0.29) is 31.0 Å². The van der Waals surface area contributed by atoms with Gasteiger partial charge in [-0.15, -0.1) is 0 Å². The number of carbonyl (C=O) groups excluding carboxylic acids is 1. The van der Waals surface area contributed by atoms with Crippen LogP contribution in [0.15, 0.2) is 11.6 Å². The van der Waals surface area contributed by atoms with Gasteiger partial charge in [-0.2, -0.15) is 0 Å². The third kappa shape index (κ3) is 3.79. The third-order valence-electron chi connectivity index (χ3n) is 11.2. The van der Waals surface area contributed by atoms with E-state index in [0.717, 1.165) is 0 Å². The smallest absolute Gasteiger partial charge is 0.159 e. The lowest BCUT2D eigenvalue weighted by Crippen LogP contribution is -2.66. The fourth-order valence-electron chi connectivity index (χ4n) is 8.52. The number of aliphatic hydroxyl groups excluding tert-OH is 4. The Bertz CT molecular complexity index is 883. The van der Waals surface area contributed by atoms with E-state index < -0.39 is 64.2 Å². The van der Waals surface area contributed by atoms with Crippen LogP contribution in [0.25, 0.3) is 0 Å². The van der Waals surface area contributed by atoms with Gasteiger partial charge >= 0.3 is 0 Å². The highest BCUT2D eigenvalue weighted by Crippen LogP contribution is 2.68. The number of hydrogen-bond acceptors (Lipinski definition) is 7. The number of carbonyl (C=O) groups is 1. The van der Waals surface area contributed by atoms with Crippen molar-refractivity contribution in [2.45, 2.75) is 116 Å². The Kier molecular flexibility index (Phi) is 6.69. The maximum atomic E-state index is 13.3. The molecular weight excluding hydrogens is 448 g/mol. The number of aliphatic hydroxyl groups is 6. The number of hydrogen-bond donors (Lipinski definition) is 6. The molecule has 0 spiro atoms. The second kappa shape index (κ2) is 8.60. The molecule has 0 aliphatic heterocycles. The summed E-state index contributed by atoms with van der Waals surface area (Å²) in [5.74, 6) is -1.17. The molecule has 0 radical (unpaired) electrons. The van der Waals surface area contributed by atoms with Crippen molar-refractivity contribution in [3.63, 3.8) is 0 Å². The summed E-state index contributed by atoms with van der Waals surface area (Å²) in [5.41, 5.74) is -4.14. The second-order valence-corrected chi connectivity index (χ2v) is 13.5. The fraction of sp³-hybridized carbons (Fsp3) is 0.893. The van der Waals surface area contributed by atoms with Crippen molar-refractivity contribution < 1.29 is 35.4 Å². The van der Waals surface area contributed by atoms with E-state index in [0.29, 0.717) is 30.8 Å². The highest BCUT2D eigenvalue weighted by molar-refractivity contribution is 5.95. The summed E-state index contributed by atoms with van der Waals surface area (Å²) in [6.45, 7) is 11.6. The molecule has 4 aliphatic carbocycles. The predicted octanol–water partition coefficient (Wildman–Crippen LogP) is 1.96. The summed E-state index contributed by atoms with van der Waals surface area (Å²) < 4.78 is 0. The molecule has 6 N–H and O–H groups in total. The average Bonchev–Trinajstić information content (AvgIpc) is 3.01. The van der Waals surface area contributed by atoms with Crippen molar-refractivity contribution in [1.29, 1.82) is 0 Å². The zero-order valence-corrected chi connectivity index (χ0v) is 22.1. The predicted molar refractivity (Wildman–Crippen MR) is 131 cm³/mol. The topological polar surface area (TPSA) is 138 Å². The summed E-state index contributed by atoms with van der Waals surface area (Å²) in [6.07, 6.45) is -0.636. The summed E-state index contributed by atoms with van der Waals surface area (Å²) in [5, 5.41) is 67.4. The van der Waals surface area contributed by atoms with Crippen LogP contribution >= 0.6 is 0 Å². The first-order valence-electron chi connectivity index (χ1n) is 13.4. The fourth-order valence-corrected chi connectivity index (χ4v) is 8.52. The molecule has 0 aromatic heterocycles. The molecule has 4 rings (SSSR count). The van der Waals surface area contributed by atoms with E-state index in [1.807, 2.05) is 13.8 Å². The van der Waals surface area contributed by atoms with Gasteiger partial charge in [-0.1, -0.05) is 34.6 Å². The third-order valence-corrected chi connectivity index (χ3v) is 11.2. The lowest BCUT2D eigenvalue weighted by molar-refractivity contribution is -0.197. The normalized spacial score (nSPS) is 48.9. The van der Waals surface area contributed by atoms with Gasteiger partial charge in [0, 0.05) is 17.3 Å². The van der Waals surface area contributed by atoms with Gasteiger partial charge in [0.05, 0.1) is 35.6 Å². The van der Waals surface area contributed by atoms with Crippen molar-refractivity contribution in [3.05, 3.63) is 11.6 Å². The first-order chi connectivity index (χ1) is 16.0. The Labute approximate surface area is 209 Å². The molecule has 4 aliphatic rings. The molecule has 0 unspecified atom stereocenters. The zero-order chi connectivity index (χ0) is 26.3. The number of allylic oxidation sites excluding steroid dienone is 1. The second-order valence-electron chi connectivity index (χ2n) is 13.5. The monoisotopic (exact) mass is 494 g/mol. The summed E-state index contributed by atoms with van der Waals surface area (Å²) in [4.78, 5) is 13.3. The molecule has 7 heteroatoms. The highest BCUT2D eigenvalue weighted by Gasteiger charge is 2.71. The van der Waals surface area contributed by atoms with E-state index in [4.69, 9.17) is 0 Å². The Morgan fingerprint density at radius 3 is 2.31 bits per heavy atom. The zero-order valence-electron chi connectivity index (χ0n) is 22.1. The molecule has 3 fully saturated rings. The van der Waals surface area contributed by atoms with Crippen LogP contribution in [0.3, 0.4) is 0 Å². The maximum Gasteiger partial charge on any atom is 0.159 e. The van der Waals surface area contributed by atoms with Crippen molar-refractivity contribution in [1.82, 2.24) is 0 Å². The SMILES string of the molecule is CC(C)[C@H](C)C[C@@H](O)[C@](C)(O)[C@H]1CC[C@@]2(O)C3=CC(=O)[C@@H]4C[C@@H](O)[C@@H](O)C[C@]4(C)[C@H]3[C@H](O)C[C@]12C. The van der Waals surface area contributed by atoms with Gasteiger partial charge in [0.15, 0.2) is 5.78 Å². The van der Waals surface area contributed by atoms with Crippen LogP contribution in [0.2, 0.25) is 0 Å². The lowest BCUT2D eigenvalue weighted by atomic mass is 9.44. The van der Waals surface area contributed by atoms with Crippen LogP contribution in [0.1, 0.15) is 80.1 Å². The molecule has 200 valence electrons. The van der Waals surface area contributed by atoms with Gasteiger partial charge < -0.3 is 30.6 Å². The summed E-state index contributed by atoms with van der Waals surface area (Å²) >= 11 is 0. The minimum Gasteiger partial charge on any atom is -0.392 e. The Morgan fingerprint density at radius 2 is 1.71 bits per heavy atom. The Morgan fingerprint density at radius 1 is 1.09 bits per heavy atom. The van der Waals surface area contributed by atoms with Gasteiger partial charge in [0.2, 0.25) is 0 Å². The molecule has 0 aromatic carbocycles. The minimum atomic E-state index is -1.48. The van der Waals surface area contributed by atoms with Crippen molar-refractivity contribution in [2.24, 2.45) is 40.4 Å². The van der Waals surface area contributed by atoms with Gasteiger partial charge in [0.25, 0.3) is 0 Å². The Hall–Kier alpha value is -0.830. The van der Waals surface area contributed by atoms with E-state index in [2.05, 4.69) is 20.8 Å². The van der Waals surface area contributed by atoms with Crippen LogP contribution in [-0.2, 0) is 4.79 Å². The van der Waals surface area contributed by atoms with Crippen molar-refractivity contribution in [3.8, 4) is 0 Å². The highest BCUT2D eigenvalue weighted by atomic mass is 16.3. The molecule has 0 amide bonds. The number of rotatable bonds is 5. The van der Waals surface area contributed by atoms with Crippen LogP contribution in [-0.4, -0.2) is 72.0 Å². The molecule has 0 bridgehead atoms. The van der Waals surface area contributed by atoms with Crippen LogP contribution in [0, 0.1) is 40.4 Å². The first-order valence-corrected chi connectivity index (χ1v) is 13.4. The first kappa shape index (κ1) is 27.2. The molecule has 7 nitrogen and oxygen atoms in total. The van der Waals surface area contributed by atoms with Crippen LogP contribution in [0.4, 0.5) is 0 Å². The number of fused-ring (bicyclic) bond motifs is 5. The van der Waals surface area contributed by atoms with Gasteiger partial charge in [-0.25, -0.2) is 0 Å². The molecule has 35 heavy (non-hydrogen) atoms. The van der Waals surface area contributed by atoms with Gasteiger partial charge in [0.1, 0.15) is 0 Å². The molecule has 0 aromatic rings. The molecular formula is C28H46O7. The van der Waals surface area contributed by atoms with Gasteiger partial charge in [-0.05, 0) is 80.3 Å². The van der Waals surface area contributed by atoms with Crippen LogP contribution < -0.4 is 0 Å². The van der Waals surface area contributed by atoms with E-state index in [1.54, 1.807) is 6.92 Å². The maximum absolute atomic E-state index is 13.3. The van der Waals surface area contributed by atoms with Crippen LogP contribution in [0.5, 0.6) is 0 Å². The Balaban J connectivity index is 1.72.